The molecule has 1 atom stereocenters. The van der Waals surface area contributed by atoms with Crippen LogP contribution >= 0.6 is 0 Å². The molecule has 1 aromatic carbocycles. The normalized spacial score (nSPS) is 16.2. The lowest BCUT2D eigenvalue weighted by Crippen LogP contribution is -2.38. The molecule has 1 amide bonds. The molecule has 0 fully saturated rings. The van der Waals surface area contributed by atoms with Gasteiger partial charge >= 0.3 is 0 Å². The Labute approximate surface area is 141 Å². The number of carbonyl (C=O) groups is 1. The minimum absolute atomic E-state index is 0.194. The zero-order valence-corrected chi connectivity index (χ0v) is 14.0. The standard InChI is InChI=1S/C19H22N2O3/c1-3-21-13(2)8-9-16(19(21)23)18(22)20-11-14-10-15-6-4-5-7-17(15)24-12-14/h4-9,14H,3,10-12H2,1-2H3,(H,20,22)/t14-/m0/s1. The van der Waals surface area contributed by atoms with Gasteiger partial charge in [-0.05, 0) is 44.0 Å². The van der Waals surface area contributed by atoms with Gasteiger partial charge in [-0.15, -0.1) is 0 Å². The third kappa shape index (κ3) is 3.20. The SMILES string of the molecule is CCn1c(C)ccc(C(=O)NC[C@H]2COc3ccccc3C2)c1=O. The molecule has 0 aliphatic carbocycles. The predicted molar refractivity (Wildman–Crippen MR) is 92.6 cm³/mol. The van der Waals surface area contributed by atoms with Crippen LogP contribution in [0.25, 0.3) is 0 Å². The smallest absolute Gasteiger partial charge is 0.263 e. The highest BCUT2D eigenvalue weighted by atomic mass is 16.5. The van der Waals surface area contributed by atoms with Gasteiger partial charge in [0.2, 0.25) is 0 Å². The molecule has 2 aromatic rings. The van der Waals surface area contributed by atoms with E-state index in [1.54, 1.807) is 16.7 Å². The monoisotopic (exact) mass is 326 g/mol. The van der Waals surface area contributed by atoms with Crippen molar-refractivity contribution < 1.29 is 9.53 Å². The van der Waals surface area contributed by atoms with Gasteiger partial charge in [0.05, 0.1) is 6.61 Å². The maximum absolute atomic E-state index is 12.4. The van der Waals surface area contributed by atoms with Crippen molar-refractivity contribution in [1.29, 1.82) is 0 Å². The van der Waals surface area contributed by atoms with Crippen LogP contribution in [0.3, 0.4) is 0 Å². The molecule has 1 aliphatic heterocycles. The average molecular weight is 326 g/mol. The Morgan fingerprint density at radius 1 is 1.29 bits per heavy atom. The lowest BCUT2D eigenvalue weighted by molar-refractivity contribution is 0.0937. The Morgan fingerprint density at radius 3 is 2.88 bits per heavy atom. The van der Waals surface area contributed by atoms with Crippen molar-refractivity contribution in [2.24, 2.45) is 5.92 Å². The van der Waals surface area contributed by atoms with Gasteiger partial charge in [0, 0.05) is 24.7 Å². The summed E-state index contributed by atoms with van der Waals surface area (Å²) in [6.07, 6.45) is 0.865. The van der Waals surface area contributed by atoms with Gasteiger partial charge in [0.15, 0.2) is 0 Å². The van der Waals surface area contributed by atoms with E-state index in [9.17, 15) is 9.59 Å². The van der Waals surface area contributed by atoms with E-state index in [4.69, 9.17) is 4.74 Å². The molecule has 1 N–H and O–H groups in total. The minimum atomic E-state index is -0.318. The lowest BCUT2D eigenvalue weighted by Gasteiger charge is -2.25. The number of aryl methyl sites for hydroxylation is 1. The first-order valence-corrected chi connectivity index (χ1v) is 8.29. The van der Waals surface area contributed by atoms with E-state index < -0.39 is 0 Å². The van der Waals surface area contributed by atoms with Crippen molar-refractivity contribution in [2.45, 2.75) is 26.8 Å². The molecule has 0 saturated carbocycles. The van der Waals surface area contributed by atoms with Crippen LogP contribution < -0.4 is 15.6 Å². The van der Waals surface area contributed by atoms with Gasteiger partial charge < -0.3 is 14.6 Å². The second kappa shape index (κ2) is 6.91. The van der Waals surface area contributed by atoms with Crippen LogP contribution in [0.2, 0.25) is 0 Å². The van der Waals surface area contributed by atoms with E-state index in [0.29, 0.717) is 19.7 Å². The van der Waals surface area contributed by atoms with Crippen molar-refractivity contribution in [3.8, 4) is 5.75 Å². The number of hydrogen-bond acceptors (Lipinski definition) is 3. The predicted octanol–water partition coefficient (Wildman–Crippen LogP) is 2.16. The Bertz CT molecular complexity index is 810. The number of rotatable bonds is 4. The number of aromatic nitrogens is 1. The summed E-state index contributed by atoms with van der Waals surface area (Å²) in [7, 11) is 0. The molecule has 1 aromatic heterocycles. The van der Waals surface area contributed by atoms with Gasteiger partial charge in [-0.25, -0.2) is 0 Å². The van der Waals surface area contributed by atoms with Crippen LogP contribution in [0.5, 0.6) is 5.75 Å². The Hall–Kier alpha value is -2.56. The molecule has 1 aliphatic rings. The molecule has 2 heterocycles. The maximum Gasteiger partial charge on any atom is 0.263 e. The first-order chi connectivity index (χ1) is 11.6. The second-order valence-electron chi connectivity index (χ2n) is 6.14. The number of para-hydroxylation sites is 1. The molecule has 3 rings (SSSR count). The fourth-order valence-corrected chi connectivity index (χ4v) is 3.09. The topological polar surface area (TPSA) is 60.3 Å². The van der Waals surface area contributed by atoms with E-state index in [1.165, 1.54) is 0 Å². The molecule has 126 valence electrons. The van der Waals surface area contributed by atoms with Crippen LogP contribution in [0.4, 0.5) is 0 Å². The van der Waals surface area contributed by atoms with E-state index >= 15 is 0 Å². The number of fused-ring (bicyclic) bond motifs is 1. The van der Waals surface area contributed by atoms with Crippen LogP contribution in [-0.4, -0.2) is 23.6 Å². The summed E-state index contributed by atoms with van der Waals surface area (Å²) in [6, 6.07) is 11.4. The van der Waals surface area contributed by atoms with Gasteiger partial charge in [-0.3, -0.25) is 9.59 Å². The molecule has 5 nitrogen and oxygen atoms in total. The number of amides is 1. The number of ether oxygens (including phenoxy) is 1. The van der Waals surface area contributed by atoms with Gasteiger partial charge in [0.25, 0.3) is 11.5 Å². The largest absolute Gasteiger partial charge is 0.493 e. The summed E-state index contributed by atoms with van der Waals surface area (Å²) in [5.41, 5.74) is 1.97. The fraction of sp³-hybridized carbons (Fsp3) is 0.368. The van der Waals surface area contributed by atoms with Crippen molar-refractivity contribution in [2.75, 3.05) is 13.2 Å². The lowest BCUT2D eigenvalue weighted by atomic mass is 9.96. The second-order valence-corrected chi connectivity index (χ2v) is 6.14. The Balaban J connectivity index is 1.66. The van der Waals surface area contributed by atoms with E-state index in [0.717, 1.165) is 23.4 Å². The number of hydrogen-bond donors (Lipinski definition) is 1. The third-order valence-electron chi connectivity index (χ3n) is 4.46. The molecule has 0 bridgehead atoms. The fourth-order valence-electron chi connectivity index (χ4n) is 3.09. The first-order valence-electron chi connectivity index (χ1n) is 8.29. The van der Waals surface area contributed by atoms with Crippen molar-refractivity contribution in [1.82, 2.24) is 9.88 Å². The van der Waals surface area contributed by atoms with Crippen molar-refractivity contribution in [3.63, 3.8) is 0 Å². The van der Waals surface area contributed by atoms with Gasteiger partial charge in [-0.2, -0.15) is 0 Å². The molecule has 0 unspecified atom stereocenters. The molecular formula is C19H22N2O3. The van der Waals surface area contributed by atoms with Crippen LogP contribution in [0.1, 0.15) is 28.5 Å². The van der Waals surface area contributed by atoms with Crippen molar-refractivity contribution in [3.05, 3.63) is 63.6 Å². The van der Waals surface area contributed by atoms with E-state index in [1.807, 2.05) is 38.1 Å². The molecule has 0 saturated heterocycles. The molecule has 5 heteroatoms. The zero-order chi connectivity index (χ0) is 17.1. The number of nitrogens with zero attached hydrogens (tertiary/aromatic N) is 1. The molecular weight excluding hydrogens is 304 g/mol. The molecule has 24 heavy (non-hydrogen) atoms. The summed E-state index contributed by atoms with van der Waals surface area (Å²) in [6.45, 7) is 5.38. The first kappa shape index (κ1) is 16.3. The summed E-state index contributed by atoms with van der Waals surface area (Å²) in [5, 5.41) is 2.88. The van der Waals surface area contributed by atoms with Crippen LogP contribution in [-0.2, 0) is 13.0 Å². The Kier molecular flexibility index (Phi) is 4.69. The number of carbonyl (C=O) groups excluding carboxylic acids is 1. The highest BCUT2D eigenvalue weighted by molar-refractivity contribution is 5.93. The van der Waals surface area contributed by atoms with E-state index in [2.05, 4.69) is 5.32 Å². The molecule has 0 radical (unpaired) electrons. The van der Waals surface area contributed by atoms with Gasteiger partial charge in [0.1, 0.15) is 11.3 Å². The zero-order valence-electron chi connectivity index (χ0n) is 14.0. The highest BCUT2D eigenvalue weighted by Gasteiger charge is 2.21. The quantitative estimate of drug-likeness (QED) is 0.936. The van der Waals surface area contributed by atoms with Crippen LogP contribution in [0, 0.1) is 12.8 Å². The average Bonchev–Trinajstić information content (AvgIpc) is 2.60. The Morgan fingerprint density at radius 2 is 2.08 bits per heavy atom. The minimum Gasteiger partial charge on any atom is -0.493 e. The summed E-state index contributed by atoms with van der Waals surface area (Å²) in [5.74, 6) is 0.813. The molecule has 0 spiro atoms. The maximum atomic E-state index is 12.4. The summed E-state index contributed by atoms with van der Waals surface area (Å²) in [4.78, 5) is 24.7. The van der Waals surface area contributed by atoms with E-state index in [-0.39, 0.29) is 22.9 Å². The van der Waals surface area contributed by atoms with Crippen molar-refractivity contribution >= 4 is 5.91 Å². The highest BCUT2D eigenvalue weighted by Crippen LogP contribution is 2.26. The number of benzene rings is 1. The number of nitrogens with one attached hydrogen (secondary N) is 1. The summed E-state index contributed by atoms with van der Waals surface area (Å²) < 4.78 is 7.34. The van der Waals surface area contributed by atoms with Crippen LogP contribution in [0.15, 0.2) is 41.2 Å². The number of pyridine rings is 1. The summed E-state index contributed by atoms with van der Waals surface area (Å²) >= 11 is 0. The van der Waals surface area contributed by atoms with Gasteiger partial charge in [-0.1, -0.05) is 18.2 Å². The third-order valence-corrected chi connectivity index (χ3v) is 4.46.